The fraction of sp³-hybridized carbons (Fsp3) is 0. The lowest BCUT2D eigenvalue weighted by atomic mass is 9.84. The van der Waals surface area contributed by atoms with Gasteiger partial charge in [-0.05, 0) is 114 Å². The molecule has 0 atom stereocenters. The lowest BCUT2D eigenvalue weighted by Crippen LogP contribution is -1.92. The van der Waals surface area contributed by atoms with Gasteiger partial charge in [0.15, 0.2) is 0 Å². The molecule has 0 spiro atoms. The number of furan rings is 2. The van der Waals surface area contributed by atoms with Crippen LogP contribution in [0.15, 0.2) is 191 Å². The van der Waals surface area contributed by atoms with Crippen molar-refractivity contribution in [3.63, 3.8) is 0 Å². The molecule has 0 amide bonds. The van der Waals surface area contributed by atoms with Crippen molar-refractivity contribution in [1.82, 2.24) is 0 Å². The van der Waals surface area contributed by atoms with E-state index in [9.17, 15) is 0 Å². The van der Waals surface area contributed by atoms with E-state index in [4.69, 9.17) is 8.83 Å². The van der Waals surface area contributed by atoms with Crippen LogP contribution in [0.4, 0.5) is 0 Å². The van der Waals surface area contributed by atoms with Crippen molar-refractivity contribution < 1.29 is 8.83 Å². The van der Waals surface area contributed by atoms with E-state index in [0.717, 1.165) is 65.8 Å². The molecule has 12 rings (SSSR count). The molecule has 0 saturated heterocycles. The van der Waals surface area contributed by atoms with Crippen LogP contribution in [0.1, 0.15) is 0 Å². The van der Waals surface area contributed by atoms with E-state index in [1.807, 2.05) is 12.1 Å². The Morgan fingerprint density at radius 3 is 1.43 bits per heavy atom. The first-order valence-corrected chi connectivity index (χ1v) is 18.5. The minimum Gasteiger partial charge on any atom is -0.455 e. The third kappa shape index (κ3) is 4.17. The third-order valence-electron chi connectivity index (χ3n) is 11.5. The van der Waals surface area contributed by atoms with E-state index in [0.29, 0.717) is 0 Å². The normalized spacial score (nSPS) is 12.1. The van der Waals surface area contributed by atoms with Gasteiger partial charge in [0.05, 0.1) is 0 Å². The number of hydrogen-bond acceptors (Lipinski definition) is 2. The zero-order valence-corrected chi connectivity index (χ0v) is 29.1. The Morgan fingerprint density at radius 2 is 0.722 bits per heavy atom. The van der Waals surface area contributed by atoms with Gasteiger partial charge in [0.25, 0.3) is 0 Å². The van der Waals surface area contributed by atoms with Crippen LogP contribution in [0.25, 0.3) is 120 Å². The summed E-state index contributed by atoms with van der Waals surface area (Å²) in [7, 11) is 0. The first-order valence-electron chi connectivity index (χ1n) is 18.5. The van der Waals surface area contributed by atoms with Crippen molar-refractivity contribution in [2.45, 2.75) is 0 Å². The zero-order chi connectivity index (χ0) is 35.3. The second-order valence-electron chi connectivity index (χ2n) is 14.3. The van der Waals surface area contributed by atoms with Crippen LogP contribution < -0.4 is 0 Å². The molecule has 2 heterocycles. The summed E-state index contributed by atoms with van der Waals surface area (Å²) in [4.78, 5) is 0. The Bertz CT molecular complexity index is 3440. The average molecular weight is 687 g/mol. The monoisotopic (exact) mass is 686 g/mol. The Balaban J connectivity index is 1.03. The van der Waals surface area contributed by atoms with E-state index in [-0.39, 0.29) is 0 Å². The second kappa shape index (κ2) is 11.2. The fourth-order valence-electron chi connectivity index (χ4n) is 9.03. The molecule has 54 heavy (non-hydrogen) atoms. The highest BCUT2D eigenvalue weighted by molar-refractivity contribution is 6.25. The van der Waals surface area contributed by atoms with E-state index in [1.165, 1.54) is 54.6 Å². The van der Waals surface area contributed by atoms with E-state index >= 15 is 0 Å². The van der Waals surface area contributed by atoms with Gasteiger partial charge in [-0.3, -0.25) is 0 Å². The topological polar surface area (TPSA) is 26.3 Å². The van der Waals surface area contributed by atoms with Gasteiger partial charge in [0.2, 0.25) is 0 Å². The van der Waals surface area contributed by atoms with Gasteiger partial charge >= 0.3 is 0 Å². The molecule has 2 nitrogen and oxygen atoms in total. The molecule has 0 aliphatic carbocycles. The standard InChI is InChI=1S/C52H30O2/c1-2-15-35-31(11-1)12-10-21-38(35)50-41-19-5-3-17-39(41)49(40-18-4-6-20-42(40)50)34-14-9-13-32(29-34)33-23-24-37-44-26-28-45-46(52(44)54-48(37)30-33)27-25-43-36-16-7-8-22-47(36)53-51(43)45/h1-30H. The summed E-state index contributed by atoms with van der Waals surface area (Å²) in [5.74, 6) is 0. The lowest BCUT2D eigenvalue weighted by Gasteiger charge is -2.19. The first kappa shape index (κ1) is 29.4. The number of para-hydroxylation sites is 1. The molecule has 250 valence electrons. The molecule has 2 aromatic heterocycles. The van der Waals surface area contributed by atoms with Gasteiger partial charge in [-0.2, -0.15) is 0 Å². The van der Waals surface area contributed by atoms with Gasteiger partial charge in [-0.1, -0.05) is 133 Å². The van der Waals surface area contributed by atoms with Crippen LogP contribution >= 0.6 is 0 Å². The van der Waals surface area contributed by atoms with Crippen molar-refractivity contribution in [1.29, 1.82) is 0 Å². The molecule has 0 N–H and O–H groups in total. The molecule has 0 radical (unpaired) electrons. The van der Waals surface area contributed by atoms with Gasteiger partial charge in [0, 0.05) is 32.3 Å². The summed E-state index contributed by atoms with van der Waals surface area (Å²) in [6.07, 6.45) is 0. The summed E-state index contributed by atoms with van der Waals surface area (Å²) < 4.78 is 13.1. The van der Waals surface area contributed by atoms with Gasteiger partial charge in [0.1, 0.15) is 22.3 Å². The molecule has 2 heteroatoms. The molecule has 0 bridgehead atoms. The van der Waals surface area contributed by atoms with E-state index in [2.05, 4.69) is 170 Å². The van der Waals surface area contributed by atoms with Crippen LogP contribution in [0.5, 0.6) is 0 Å². The first-order chi connectivity index (χ1) is 26.8. The highest BCUT2D eigenvalue weighted by Gasteiger charge is 2.19. The molecule has 0 aliphatic rings. The highest BCUT2D eigenvalue weighted by atomic mass is 16.3. The van der Waals surface area contributed by atoms with Crippen molar-refractivity contribution in [3.8, 4) is 33.4 Å². The maximum atomic E-state index is 6.73. The SMILES string of the molecule is c1cc(-c2ccc3c(c2)oc2c3ccc3c2ccc2c4ccccc4oc23)cc(-c2c3ccccc3c(-c3cccc4ccccc34)c3ccccc23)c1. The Morgan fingerprint density at radius 1 is 0.259 bits per heavy atom. The number of fused-ring (bicyclic) bond motifs is 12. The van der Waals surface area contributed by atoms with Crippen molar-refractivity contribution in [2.24, 2.45) is 0 Å². The molecule has 12 aromatic rings. The summed E-state index contributed by atoms with van der Waals surface area (Å²) in [5.41, 5.74) is 10.8. The van der Waals surface area contributed by atoms with Gasteiger partial charge < -0.3 is 8.83 Å². The smallest absolute Gasteiger partial charge is 0.143 e. The van der Waals surface area contributed by atoms with Crippen LogP contribution in [0.2, 0.25) is 0 Å². The summed E-state index contributed by atoms with van der Waals surface area (Å²) in [5, 5.41) is 14.1. The summed E-state index contributed by atoms with van der Waals surface area (Å²) in [6.45, 7) is 0. The zero-order valence-electron chi connectivity index (χ0n) is 29.1. The summed E-state index contributed by atoms with van der Waals surface area (Å²) >= 11 is 0. The molecule has 10 aromatic carbocycles. The molecule has 0 fully saturated rings. The Kier molecular flexibility index (Phi) is 6.09. The van der Waals surface area contributed by atoms with E-state index < -0.39 is 0 Å². The minimum atomic E-state index is 0.875. The quantitative estimate of drug-likeness (QED) is 0.173. The van der Waals surface area contributed by atoms with Crippen molar-refractivity contribution in [3.05, 3.63) is 182 Å². The predicted octanol–water partition coefficient (Wildman–Crippen LogP) is 15.1. The van der Waals surface area contributed by atoms with Crippen LogP contribution in [0, 0.1) is 0 Å². The van der Waals surface area contributed by atoms with Gasteiger partial charge in [-0.25, -0.2) is 0 Å². The Labute approximate surface area is 310 Å². The van der Waals surface area contributed by atoms with Crippen LogP contribution in [-0.4, -0.2) is 0 Å². The largest absolute Gasteiger partial charge is 0.455 e. The lowest BCUT2D eigenvalue weighted by molar-refractivity contribution is 0.669. The predicted molar refractivity (Wildman–Crippen MR) is 227 cm³/mol. The molecule has 0 aliphatic heterocycles. The maximum Gasteiger partial charge on any atom is 0.143 e. The van der Waals surface area contributed by atoms with Crippen LogP contribution in [-0.2, 0) is 0 Å². The van der Waals surface area contributed by atoms with E-state index in [1.54, 1.807) is 0 Å². The van der Waals surface area contributed by atoms with Gasteiger partial charge in [-0.15, -0.1) is 0 Å². The minimum absolute atomic E-state index is 0.875. The maximum absolute atomic E-state index is 6.73. The second-order valence-corrected chi connectivity index (χ2v) is 14.3. The molecule has 0 saturated carbocycles. The highest BCUT2D eigenvalue weighted by Crippen LogP contribution is 2.46. The fourth-order valence-corrected chi connectivity index (χ4v) is 9.03. The number of benzene rings is 10. The van der Waals surface area contributed by atoms with Crippen molar-refractivity contribution >= 4 is 87.0 Å². The summed E-state index contributed by atoms with van der Waals surface area (Å²) in [6, 6.07) is 65.6. The molecular formula is C52H30O2. The Hall–Kier alpha value is -7.16. The molecule has 0 unspecified atom stereocenters. The van der Waals surface area contributed by atoms with Crippen molar-refractivity contribution in [2.75, 3.05) is 0 Å². The average Bonchev–Trinajstić information content (AvgIpc) is 3.81. The number of rotatable bonds is 3. The number of hydrogen-bond donors (Lipinski definition) is 0. The molecular weight excluding hydrogens is 657 g/mol. The third-order valence-corrected chi connectivity index (χ3v) is 11.5. The van der Waals surface area contributed by atoms with Crippen LogP contribution in [0.3, 0.4) is 0 Å².